The first-order valence-corrected chi connectivity index (χ1v) is 14.5. The molecule has 0 spiro atoms. The Bertz CT molecular complexity index is 1420. The van der Waals surface area contributed by atoms with Gasteiger partial charge in [0, 0.05) is 13.1 Å². The Hall–Kier alpha value is -3.14. The molecular formula is C28H30Cl2FN3O4S. The number of anilines is 1. The van der Waals surface area contributed by atoms with Gasteiger partial charge in [-0.3, -0.25) is 13.9 Å². The average Bonchev–Trinajstić information content (AvgIpc) is 2.90. The first-order valence-electron chi connectivity index (χ1n) is 12.3. The van der Waals surface area contributed by atoms with Gasteiger partial charge >= 0.3 is 0 Å². The summed E-state index contributed by atoms with van der Waals surface area (Å²) in [6.45, 7) is 5.06. The van der Waals surface area contributed by atoms with Crippen molar-refractivity contribution in [2.24, 2.45) is 0 Å². The number of aryl methyl sites for hydroxylation is 1. The highest BCUT2D eigenvalue weighted by Crippen LogP contribution is 2.27. The van der Waals surface area contributed by atoms with E-state index in [1.54, 1.807) is 44.2 Å². The lowest BCUT2D eigenvalue weighted by Gasteiger charge is -2.33. The monoisotopic (exact) mass is 593 g/mol. The number of hydrogen-bond acceptors (Lipinski definition) is 4. The van der Waals surface area contributed by atoms with Crippen LogP contribution in [-0.4, -0.2) is 44.3 Å². The van der Waals surface area contributed by atoms with E-state index in [0.717, 1.165) is 22.0 Å². The van der Waals surface area contributed by atoms with E-state index in [-0.39, 0.29) is 34.5 Å². The Kier molecular flexibility index (Phi) is 10.4. The molecule has 0 saturated carbocycles. The van der Waals surface area contributed by atoms with E-state index in [4.69, 9.17) is 23.2 Å². The molecule has 0 aromatic heterocycles. The fourth-order valence-electron chi connectivity index (χ4n) is 4.02. The number of sulfonamides is 1. The largest absolute Gasteiger partial charge is 0.355 e. The molecule has 0 bridgehead atoms. The molecule has 1 atom stereocenters. The maximum Gasteiger partial charge on any atom is 0.264 e. The van der Waals surface area contributed by atoms with E-state index >= 15 is 0 Å². The van der Waals surface area contributed by atoms with Crippen molar-refractivity contribution in [2.75, 3.05) is 17.4 Å². The third kappa shape index (κ3) is 7.50. The van der Waals surface area contributed by atoms with Gasteiger partial charge < -0.3 is 10.2 Å². The molecule has 7 nitrogen and oxygen atoms in total. The van der Waals surface area contributed by atoms with Crippen LogP contribution in [0.25, 0.3) is 0 Å². The second kappa shape index (κ2) is 13.3. The molecule has 2 amide bonds. The molecular weight excluding hydrogens is 564 g/mol. The third-order valence-electron chi connectivity index (χ3n) is 6.08. The fraction of sp³-hybridized carbons (Fsp3) is 0.286. The van der Waals surface area contributed by atoms with E-state index < -0.39 is 34.3 Å². The van der Waals surface area contributed by atoms with Crippen LogP contribution in [0, 0.1) is 12.7 Å². The molecule has 0 saturated heterocycles. The molecule has 208 valence electrons. The number of hydrogen-bond donors (Lipinski definition) is 1. The van der Waals surface area contributed by atoms with Gasteiger partial charge in [0.05, 0.1) is 20.6 Å². The Balaban J connectivity index is 2.06. The van der Waals surface area contributed by atoms with Crippen molar-refractivity contribution < 1.29 is 22.4 Å². The van der Waals surface area contributed by atoms with E-state index in [1.807, 2.05) is 6.92 Å². The first kappa shape index (κ1) is 30.4. The lowest BCUT2D eigenvalue weighted by atomic mass is 10.1. The van der Waals surface area contributed by atoms with Crippen LogP contribution in [0.5, 0.6) is 0 Å². The molecule has 0 heterocycles. The van der Waals surface area contributed by atoms with Crippen LogP contribution in [0.4, 0.5) is 10.1 Å². The van der Waals surface area contributed by atoms with Crippen molar-refractivity contribution in [1.29, 1.82) is 0 Å². The second-order valence-corrected chi connectivity index (χ2v) is 11.6. The number of carbonyl (C=O) groups excluding carboxylic acids is 2. The van der Waals surface area contributed by atoms with Crippen LogP contribution < -0.4 is 9.62 Å². The van der Waals surface area contributed by atoms with Crippen molar-refractivity contribution in [3.63, 3.8) is 0 Å². The van der Waals surface area contributed by atoms with Gasteiger partial charge in [-0.1, -0.05) is 53.9 Å². The van der Waals surface area contributed by atoms with Crippen molar-refractivity contribution in [1.82, 2.24) is 10.2 Å². The summed E-state index contributed by atoms with van der Waals surface area (Å²) in [7, 11) is -4.24. The minimum atomic E-state index is -4.24. The number of benzene rings is 3. The molecule has 0 fully saturated rings. The highest BCUT2D eigenvalue weighted by atomic mass is 35.5. The summed E-state index contributed by atoms with van der Waals surface area (Å²) in [4.78, 5) is 28.1. The molecule has 1 N–H and O–H groups in total. The van der Waals surface area contributed by atoms with Gasteiger partial charge in [0.15, 0.2) is 0 Å². The Morgan fingerprint density at radius 2 is 1.59 bits per heavy atom. The summed E-state index contributed by atoms with van der Waals surface area (Å²) in [5.41, 5.74) is 1.57. The van der Waals surface area contributed by atoms with E-state index in [0.29, 0.717) is 17.1 Å². The molecule has 3 aromatic rings. The summed E-state index contributed by atoms with van der Waals surface area (Å²) < 4.78 is 42.1. The minimum Gasteiger partial charge on any atom is -0.355 e. The van der Waals surface area contributed by atoms with Crippen LogP contribution >= 0.6 is 23.2 Å². The summed E-state index contributed by atoms with van der Waals surface area (Å²) in [5, 5.41) is 3.35. The Labute approximate surface area is 238 Å². The van der Waals surface area contributed by atoms with E-state index in [1.165, 1.54) is 29.2 Å². The number of carbonyl (C=O) groups is 2. The average molecular weight is 595 g/mol. The topological polar surface area (TPSA) is 86.8 Å². The molecule has 1 unspecified atom stereocenters. The fourth-order valence-corrected chi connectivity index (χ4v) is 5.75. The van der Waals surface area contributed by atoms with Gasteiger partial charge in [0.1, 0.15) is 18.4 Å². The Morgan fingerprint density at radius 3 is 2.15 bits per heavy atom. The zero-order chi connectivity index (χ0) is 28.7. The summed E-state index contributed by atoms with van der Waals surface area (Å²) in [5.74, 6) is -1.55. The quantitative estimate of drug-likeness (QED) is 0.314. The minimum absolute atomic E-state index is 0.0206. The van der Waals surface area contributed by atoms with Gasteiger partial charge in [0.2, 0.25) is 11.8 Å². The van der Waals surface area contributed by atoms with Crippen molar-refractivity contribution in [3.05, 3.63) is 93.7 Å². The number of nitrogens with zero attached hydrogens (tertiary/aromatic N) is 2. The van der Waals surface area contributed by atoms with Crippen molar-refractivity contribution in [3.8, 4) is 0 Å². The summed E-state index contributed by atoms with van der Waals surface area (Å²) >= 11 is 12.2. The van der Waals surface area contributed by atoms with Gasteiger partial charge in [-0.25, -0.2) is 12.8 Å². The number of amides is 2. The number of likely N-dealkylation sites (N-methyl/N-ethyl adjacent to an activating group) is 1. The molecule has 3 aromatic carbocycles. The number of rotatable bonds is 11. The van der Waals surface area contributed by atoms with E-state index in [9.17, 15) is 22.4 Å². The predicted octanol–water partition coefficient (Wildman–Crippen LogP) is 5.58. The third-order valence-corrected chi connectivity index (χ3v) is 8.60. The summed E-state index contributed by atoms with van der Waals surface area (Å²) in [6, 6.07) is 15.0. The smallest absolute Gasteiger partial charge is 0.264 e. The van der Waals surface area contributed by atoms with Crippen molar-refractivity contribution >= 4 is 50.7 Å². The maximum atomic E-state index is 13.9. The second-order valence-electron chi connectivity index (χ2n) is 8.89. The standard InChI is InChI=1S/C28H30Cl2FN3O4S/c1-4-26(28(36)32-5-2)33(17-20-8-15-24(29)25(30)16-20)27(35)18-34(22-11-9-21(31)10-12-22)39(37,38)23-13-6-19(3)7-14-23/h6-16,26H,4-5,17-18H2,1-3H3,(H,32,36). The normalized spacial score (nSPS) is 12.1. The first-order chi connectivity index (χ1) is 18.5. The van der Waals surface area contributed by atoms with Crippen LogP contribution in [0.3, 0.4) is 0 Å². The maximum absolute atomic E-state index is 13.9. The van der Waals surface area contributed by atoms with Gasteiger partial charge in [-0.2, -0.15) is 0 Å². The van der Waals surface area contributed by atoms with E-state index in [2.05, 4.69) is 5.32 Å². The molecule has 39 heavy (non-hydrogen) atoms. The number of halogens is 3. The molecule has 0 radical (unpaired) electrons. The number of nitrogens with one attached hydrogen (secondary N) is 1. The van der Waals surface area contributed by atoms with Crippen LogP contribution in [0.1, 0.15) is 31.4 Å². The zero-order valence-electron chi connectivity index (χ0n) is 21.8. The summed E-state index contributed by atoms with van der Waals surface area (Å²) in [6.07, 6.45) is 0.278. The predicted molar refractivity (Wildman–Crippen MR) is 152 cm³/mol. The SMILES string of the molecule is CCNC(=O)C(CC)N(Cc1ccc(Cl)c(Cl)c1)C(=O)CN(c1ccc(F)cc1)S(=O)(=O)c1ccc(C)cc1. The zero-order valence-corrected chi connectivity index (χ0v) is 24.2. The van der Waals surface area contributed by atoms with Crippen LogP contribution in [0.15, 0.2) is 71.6 Å². The van der Waals surface area contributed by atoms with Crippen LogP contribution in [-0.2, 0) is 26.2 Å². The van der Waals surface area contributed by atoms with Crippen molar-refractivity contribution in [2.45, 2.75) is 44.7 Å². The highest BCUT2D eigenvalue weighted by Gasteiger charge is 2.33. The lowest BCUT2D eigenvalue weighted by molar-refractivity contribution is -0.140. The van der Waals surface area contributed by atoms with Gasteiger partial charge in [-0.15, -0.1) is 0 Å². The lowest BCUT2D eigenvalue weighted by Crippen LogP contribution is -2.52. The molecule has 0 aliphatic heterocycles. The van der Waals surface area contributed by atoms with Gasteiger partial charge in [-0.05, 0) is 74.4 Å². The van der Waals surface area contributed by atoms with Crippen LogP contribution in [0.2, 0.25) is 10.0 Å². The Morgan fingerprint density at radius 1 is 0.949 bits per heavy atom. The molecule has 0 aliphatic rings. The molecule has 11 heteroatoms. The molecule has 3 rings (SSSR count). The van der Waals surface area contributed by atoms with Gasteiger partial charge in [0.25, 0.3) is 10.0 Å². The molecule has 0 aliphatic carbocycles. The highest BCUT2D eigenvalue weighted by molar-refractivity contribution is 7.92.